The van der Waals surface area contributed by atoms with Gasteiger partial charge in [-0.3, -0.25) is 9.69 Å². The summed E-state index contributed by atoms with van der Waals surface area (Å²) in [7, 11) is 0. The van der Waals surface area contributed by atoms with E-state index >= 15 is 0 Å². The molecule has 5 nitrogen and oxygen atoms in total. The molecule has 0 N–H and O–H groups in total. The Morgan fingerprint density at radius 2 is 2.26 bits per heavy atom. The van der Waals surface area contributed by atoms with E-state index in [2.05, 4.69) is 14.5 Å². The lowest BCUT2D eigenvalue weighted by atomic mass is 10.1. The topological polar surface area (TPSA) is 47.4 Å². The first kappa shape index (κ1) is 11.5. The molecule has 1 saturated carbocycles. The van der Waals surface area contributed by atoms with E-state index in [1.807, 2.05) is 13.3 Å². The number of ether oxygens (including phenoxy) is 1. The Morgan fingerprint density at radius 3 is 2.95 bits per heavy atom. The third kappa shape index (κ3) is 1.87. The fourth-order valence-electron chi connectivity index (χ4n) is 3.32. The van der Waals surface area contributed by atoms with Crippen molar-refractivity contribution in [1.82, 2.24) is 14.5 Å². The van der Waals surface area contributed by atoms with Gasteiger partial charge in [0.15, 0.2) is 0 Å². The van der Waals surface area contributed by atoms with Crippen LogP contribution in [0.1, 0.15) is 43.6 Å². The van der Waals surface area contributed by atoms with Crippen molar-refractivity contribution >= 4 is 5.97 Å². The molecule has 0 spiro atoms. The van der Waals surface area contributed by atoms with Gasteiger partial charge in [0.1, 0.15) is 12.1 Å². The van der Waals surface area contributed by atoms with Gasteiger partial charge in [-0.15, -0.1) is 0 Å². The molecule has 19 heavy (non-hydrogen) atoms. The zero-order chi connectivity index (χ0) is 13.0. The van der Waals surface area contributed by atoms with Crippen LogP contribution in [0.4, 0.5) is 0 Å². The Hall–Kier alpha value is -1.36. The first-order chi connectivity index (χ1) is 9.22. The maximum atomic E-state index is 11.8. The number of imidazole rings is 1. The van der Waals surface area contributed by atoms with Crippen molar-refractivity contribution < 1.29 is 9.53 Å². The van der Waals surface area contributed by atoms with Gasteiger partial charge in [0.2, 0.25) is 0 Å². The quantitative estimate of drug-likeness (QED) is 0.752. The molecule has 1 saturated heterocycles. The maximum Gasteiger partial charge on any atom is 0.323 e. The molecule has 0 aromatic carbocycles. The third-order valence-corrected chi connectivity index (χ3v) is 4.50. The number of fused-ring (bicyclic) bond motifs is 1. The number of hydrogen-bond donors (Lipinski definition) is 0. The number of carbonyl (C=O) groups is 1. The van der Waals surface area contributed by atoms with Crippen molar-refractivity contribution in [3.63, 3.8) is 0 Å². The van der Waals surface area contributed by atoms with Crippen LogP contribution < -0.4 is 0 Å². The first-order valence-electron chi connectivity index (χ1n) is 7.21. The summed E-state index contributed by atoms with van der Waals surface area (Å²) in [5, 5.41) is 0. The second-order valence-corrected chi connectivity index (χ2v) is 6.00. The monoisotopic (exact) mass is 261 g/mol. The van der Waals surface area contributed by atoms with Crippen molar-refractivity contribution in [1.29, 1.82) is 0 Å². The second kappa shape index (κ2) is 4.07. The van der Waals surface area contributed by atoms with Crippen molar-refractivity contribution in [3.8, 4) is 0 Å². The molecular formula is C14H19N3O2. The summed E-state index contributed by atoms with van der Waals surface area (Å²) in [6.45, 7) is 3.70. The van der Waals surface area contributed by atoms with Crippen LogP contribution in [0.3, 0.4) is 0 Å². The van der Waals surface area contributed by atoms with Gasteiger partial charge in [-0.1, -0.05) is 0 Å². The summed E-state index contributed by atoms with van der Waals surface area (Å²) >= 11 is 0. The van der Waals surface area contributed by atoms with Gasteiger partial charge in [-0.05, 0) is 19.8 Å². The molecule has 2 unspecified atom stereocenters. The maximum absolute atomic E-state index is 11.8. The predicted octanol–water partition coefficient (Wildman–Crippen LogP) is 1.28. The molecule has 3 aliphatic rings. The van der Waals surface area contributed by atoms with Crippen LogP contribution in [0.2, 0.25) is 0 Å². The Labute approximate surface area is 112 Å². The standard InChI is InChI=1S/C14H19N3O2/c1-9-6-13(14(18)19-9)16-5-4-12-11(7-16)15-8-17(12)10-2-3-10/h8-10,13H,2-7H2,1H3. The van der Waals surface area contributed by atoms with Crippen LogP contribution in [-0.4, -0.2) is 39.1 Å². The number of rotatable bonds is 2. The number of hydrogen-bond acceptors (Lipinski definition) is 4. The van der Waals surface area contributed by atoms with E-state index in [0.717, 1.165) is 31.6 Å². The highest BCUT2D eigenvalue weighted by Gasteiger charge is 2.39. The number of cyclic esters (lactones) is 1. The van der Waals surface area contributed by atoms with Crippen LogP contribution in [0.25, 0.3) is 0 Å². The number of aromatic nitrogens is 2. The summed E-state index contributed by atoms with van der Waals surface area (Å²) < 4.78 is 7.61. The van der Waals surface area contributed by atoms with Crippen LogP contribution in [0, 0.1) is 0 Å². The van der Waals surface area contributed by atoms with Crippen LogP contribution in [0.15, 0.2) is 6.33 Å². The minimum absolute atomic E-state index is 0.0578. The average Bonchev–Trinajstić information content (AvgIpc) is 3.06. The van der Waals surface area contributed by atoms with Gasteiger partial charge in [0.05, 0.1) is 12.0 Å². The Kier molecular flexibility index (Phi) is 2.45. The lowest BCUT2D eigenvalue weighted by molar-refractivity contribution is -0.145. The Bertz CT molecular complexity index is 521. The molecule has 1 aromatic rings. The zero-order valence-electron chi connectivity index (χ0n) is 11.2. The van der Waals surface area contributed by atoms with Gasteiger partial charge in [0, 0.05) is 37.7 Å². The van der Waals surface area contributed by atoms with Crippen LogP contribution in [-0.2, 0) is 22.5 Å². The fourth-order valence-corrected chi connectivity index (χ4v) is 3.32. The molecular weight excluding hydrogens is 242 g/mol. The molecule has 2 fully saturated rings. The van der Waals surface area contributed by atoms with E-state index in [0.29, 0.717) is 6.04 Å². The molecule has 0 radical (unpaired) electrons. The summed E-state index contributed by atoms with van der Waals surface area (Å²) in [4.78, 5) is 18.6. The minimum Gasteiger partial charge on any atom is -0.461 e. The summed E-state index contributed by atoms with van der Waals surface area (Å²) in [5.74, 6) is -0.0578. The minimum atomic E-state index is -0.0609. The van der Waals surface area contributed by atoms with Crippen molar-refractivity contribution in [3.05, 3.63) is 17.7 Å². The van der Waals surface area contributed by atoms with Gasteiger partial charge < -0.3 is 9.30 Å². The number of nitrogens with zero attached hydrogens (tertiary/aromatic N) is 3. The number of carbonyl (C=O) groups excluding carboxylic acids is 1. The van der Waals surface area contributed by atoms with Crippen molar-refractivity contribution in [2.45, 2.75) is 57.3 Å². The molecule has 0 bridgehead atoms. The normalized spacial score (nSPS) is 31.3. The molecule has 3 heterocycles. The first-order valence-corrected chi connectivity index (χ1v) is 7.21. The van der Waals surface area contributed by atoms with Gasteiger partial charge in [0.25, 0.3) is 0 Å². The number of esters is 1. The van der Waals surface area contributed by atoms with Crippen molar-refractivity contribution in [2.24, 2.45) is 0 Å². The van der Waals surface area contributed by atoms with Gasteiger partial charge in [-0.25, -0.2) is 4.98 Å². The lowest BCUT2D eigenvalue weighted by Crippen LogP contribution is -2.42. The van der Waals surface area contributed by atoms with Gasteiger partial charge in [-0.2, -0.15) is 0 Å². The largest absolute Gasteiger partial charge is 0.461 e. The summed E-state index contributed by atoms with van der Waals surface area (Å²) in [5.41, 5.74) is 2.55. The molecule has 2 aliphatic heterocycles. The Morgan fingerprint density at radius 1 is 1.42 bits per heavy atom. The predicted molar refractivity (Wildman–Crippen MR) is 68.6 cm³/mol. The fraction of sp³-hybridized carbons (Fsp3) is 0.714. The van der Waals surface area contributed by atoms with E-state index in [-0.39, 0.29) is 18.1 Å². The van der Waals surface area contributed by atoms with Crippen molar-refractivity contribution in [2.75, 3.05) is 6.54 Å². The SMILES string of the molecule is CC1CC(N2CCc3c(ncn3C3CC3)C2)C(=O)O1. The summed E-state index contributed by atoms with van der Waals surface area (Å²) in [6, 6.07) is 0.633. The second-order valence-electron chi connectivity index (χ2n) is 6.00. The van der Waals surface area contributed by atoms with Crippen LogP contribution >= 0.6 is 0 Å². The van der Waals surface area contributed by atoms with E-state index in [1.165, 1.54) is 18.5 Å². The molecule has 2 atom stereocenters. The molecule has 5 heteroatoms. The molecule has 4 rings (SSSR count). The average molecular weight is 261 g/mol. The van der Waals surface area contributed by atoms with E-state index in [1.54, 1.807) is 0 Å². The van der Waals surface area contributed by atoms with Gasteiger partial charge >= 0.3 is 5.97 Å². The molecule has 1 aliphatic carbocycles. The molecule has 1 aromatic heterocycles. The summed E-state index contributed by atoms with van der Waals surface area (Å²) in [6.07, 6.45) is 6.45. The third-order valence-electron chi connectivity index (χ3n) is 4.50. The smallest absolute Gasteiger partial charge is 0.323 e. The highest BCUT2D eigenvalue weighted by Crippen LogP contribution is 2.37. The Balaban J connectivity index is 1.54. The highest BCUT2D eigenvalue weighted by atomic mass is 16.6. The van der Waals surface area contributed by atoms with E-state index < -0.39 is 0 Å². The zero-order valence-corrected chi connectivity index (χ0v) is 11.2. The molecule has 102 valence electrons. The van der Waals surface area contributed by atoms with E-state index in [9.17, 15) is 4.79 Å². The van der Waals surface area contributed by atoms with E-state index in [4.69, 9.17) is 4.74 Å². The van der Waals surface area contributed by atoms with Crippen LogP contribution in [0.5, 0.6) is 0 Å². The highest BCUT2D eigenvalue weighted by molar-refractivity contribution is 5.78. The molecule has 0 amide bonds. The lowest BCUT2D eigenvalue weighted by Gasteiger charge is -2.29.